The minimum Gasteiger partial charge on any atom is -0.359 e. The summed E-state index contributed by atoms with van der Waals surface area (Å²) in [6.45, 7) is 4.62. The molecule has 1 saturated heterocycles. The molecule has 5 nitrogen and oxygen atoms in total. The summed E-state index contributed by atoms with van der Waals surface area (Å²) < 4.78 is 32.6. The average Bonchev–Trinajstić information content (AvgIpc) is 3.17. The molecule has 1 aromatic carbocycles. The lowest BCUT2D eigenvalue weighted by Crippen LogP contribution is -2.31. The number of nitrogens with zero attached hydrogens (tertiary/aromatic N) is 2. The molecule has 0 spiro atoms. The molecule has 1 atom stereocenters. The first-order chi connectivity index (χ1) is 11.0. The van der Waals surface area contributed by atoms with E-state index in [1.165, 1.54) is 0 Å². The molecule has 2 heterocycles. The maximum absolute atomic E-state index is 12.8. The van der Waals surface area contributed by atoms with Crippen LogP contribution in [0, 0.1) is 0 Å². The molecule has 0 radical (unpaired) electrons. The van der Waals surface area contributed by atoms with E-state index in [9.17, 15) is 8.42 Å². The zero-order valence-electron chi connectivity index (χ0n) is 13.5. The predicted octanol–water partition coefficient (Wildman–Crippen LogP) is 3.46. The fourth-order valence-corrected chi connectivity index (χ4v) is 4.74. The Kier molecular flexibility index (Phi) is 4.55. The van der Waals surface area contributed by atoms with E-state index in [1.54, 1.807) is 4.31 Å². The Labute approximate surface area is 137 Å². The van der Waals surface area contributed by atoms with Crippen molar-refractivity contribution < 1.29 is 12.9 Å². The number of rotatable bonds is 5. The van der Waals surface area contributed by atoms with Crippen LogP contribution in [0.5, 0.6) is 0 Å². The van der Waals surface area contributed by atoms with Gasteiger partial charge in [0, 0.05) is 12.6 Å². The number of benzene rings is 1. The quantitative estimate of drug-likeness (QED) is 0.840. The molecule has 23 heavy (non-hydrogen) atoms. The van der Waals surface area contributed by atoms with Gasteiger partial charge in [0.15, 0.2) is 5.76 Å². The van der Waals surface area contributed by atoms with Crippen molar-refractivity contribution in [2.24, 2.45) is 0 Å². The minimum atomic E-state index is -3.38. The van der Waals surface area contributed by atoms with Gasteiger partial charge in [-0.05, 0) is 24.3 Å². The van der Waals surface area contributed by atoms with Crippen molar-refractivity contribution in [1.29, 1.82) is 0 Å². The largest absolute Gasteiger partial charge is 0.359 e. The summed E-state index contributed by atoms with van der Waals surface area (Å²) in [6.07, 6.45) is 1.62. The molecular formula is C17H22N2O3S. The third kappa shape index (κ3) is 3.48. The number of hydrogen-bond donors (Lipinski definition) is 0. The van der Waals surface area contributed by atoms with E-state index in [1.807, 2.05) is 50.2 Å². The van der Waals surface area contributed by atoms with Crippen molar-refractivity contribution in [3.05, 3.63) is 53.4 Å². The Hall–Kier alpha value is -1.66. The molecule has 0 N–H and O–H groups in total. The summed E-state index contributed by atoms with van der Waals surface area (Å²) in [7, 11) is -3.38. The molecule has 1 fully saturated rings. The Bertz CT molecular complexity index is 753. The summed E-state index contributed by atoms with van der Waals surface area (Å²) in [6, 6.07) is 10.9. The van der Waals surface area contributed by atoms with Gasteiger partial charge in [0.05, 0.1) is 17.5 Å². The fourth-order valence-electron chi connectivity index (χ4n) is 2.96. The molecular weight excluding hydrogens is 312 g/mol. The van der Waals surface area contributed by atoms with Crippen LogP contribution in [0.2, 0.25) is 0 Å². The highest BCUT2D eigenvalue weighted by Crippen LogP contribution is 2.36. The van der Waals surface area contributed by atoms with Crippen LogP contribution in [-0.4, -0.2) is 24.4 Å². The van der Waals surface area contributed by atoms with E-state index >= 15 is 0 Å². The zero-order valence-corrected chi connectivity index (χ0v) is 14.3. The van der Waals surface area contributed by atoms with Gasteiger partial charge in [0.1, 0.15) is 0 Å². The summed E-state index contributed by atoms with van der Waals surface area (Å²) in [4.78, 5) is 0. The molecule has 3 rings (SSSR count). The molecule has 2 aromatic rings. The minimum absolute atomic E-state index is 0.0233. The normalized spacial score (nSPS) is 19.5. The van der Waals surface area contributed by atoms with Gasteiger partial charge in [0.25, 0.3) is 0 Å². The van der Waals surface area contributed by atoms with Gasteiger partial charge >= 0.3 is 0 Å². The topological polar surface area (TPSA) is 63.4 Å². The average molecular weight is 334 g/mol. The van der Waals surface area contributed by atoms with Gasteiger partial charge in [-0.2, -0.15) is 4.31 Å². The highest BCUT2D eigenvalue weighted by atomic mass is 32.2. The van der Waals surface area contributed by atoms with Crippen LogP contribution in [0.15, 0.2) is 40.9 Å². The molecule has 0 amide bonds. The zero-order chi connectivity index (χ0) is 16.4. The molecule has 6 heteroatoms. The number of hydrogen-bond acceptors (Lipinski definition) is 4. The van der Waals surface area contributed by atoms with E-state index in [0.717, 1.165) is 24.1 Å². The van der Waals surface area contributed by atoms with E-state index in [-0.39, 0.29) is 17.7 Å². The summed E-state index contributed by atoms with van der Waals surface area (Å²) >= 11 is 0. The highest BCUT2D eigenvalue weighted by Gasteiger charge is 2.37. The van der Waals surface area contributed by atoms with Crippen molar-refractivity contribution in [2.75, 3.05) is 6.54 Å². The SMILES string of the molecule is CC(C)c1cc([C@@H]2CCCN2S(=O)(=O)Cc2ccccc2)on1. The first-order valence-corrected chi connectivity index (χ1v) is 9.58. The summed E-state index contributed by atoms with van der Waals surface area (Å²) in [5.41, 5.74) is 1.67. The van der Waals surface area contributed by atoms with Crippen LogP contribution in [0.3, 0.4) is 0 Å². The van der Waals surface area contributed by atoms with E-state index in [4.69, 9.17) is 4.52 Å². The second-order valence-corrected chi connectivity index (χ2v) is 8.24. The third-order valence-electron chi connectivity index (χ3n) is 4.22. The molecule has 0 saturated carbocycles. The van der Waals surface area contributed by atoms with Gasteiger partial charge in [-0.15, -0.1) is 0 Å². The van der Waals surface area contributed by atoms with E-state index in [0.29, 0.717) is 12.3 Å². The van der Waals surface area contributed by atoms with Gasteiger partial charge in [-0.25, -0.2) is 8.42 Å². The molecule has 1 aromatic heterocycles. The van der Waals surface area contributed by atoms with Crippen LogP contribution >= 0.6 is 0 Å². The highest BCUT2D eigenvalue weighted by molar-refractivity contribution is 7.88. The first kappa shape index (κ1) is 16.2. The lowest BCUT2D eigenvalue weighted by atomic mass is 10.1. The van der Waals surface area contributed by atoms with E-state index in [2.05, 4.69) is 5.16 Å². The van der Waals surface area contributed by atoms with Gasteiger partial charge in [-0.1, -0.05) is 49.3 Å². The monoisotopic (exact) mass is 334 g/mol. The smallest absolute Gasteiger partial charge is 0.218 e. The van der Waals surface area contributed by atoms with Gasteiger partial charge in [-0.3, -0.25) is 0 Å². The van der Waals surface area contributed by atoms with Crippen LogP contribution in [0.1, 0.15) is 55.7 Å². The molecule has 0 bridgehead atoms. The predicted molar refractivity (Wildman–Crippen MR) is 88.3 cm³/mol. The van der Waals surface area contributed by atoms with Crippen LogP contribution < -0.4 is 0 Å². The standard InChI is InChI=1S/C17H22N2O3S/c1-13(2)15-11-17(22-18-15)16-9-6-10-19(16)23(20,21)12-14-7-4-3-5-8-14/h3-5,7-8,11,13,16H,6,9-10,12H2,1-2H3/t16-/m0/s1. The number of sulfonamides is 1. The molecule has 1 aliphatic heterocycles. The lowest BCUT2D eigenvalue weighted by molar-refractivity contribution is 0.295. The molecule has 124 valence electrons. The van der Waals surface area contributed by atoms with Crippen molar-refractivity contribution in [3.8, 4) is 0 Å². The van der Waals surface area contributed by atoms with E-state index < -0.39 is 10.0 Å². The second kappa shape index (κ2) is 6.45. The first-order valence-electron chi connectivity index (χ1n) is 7.97. The third-order valence-corrected chi connectivity index (χ3v) is 6.07. The van der Waals surface area contributed by atoms with Gasteiger partial charge < -0.3 is 4.52 Å². The Morgan fingerprint density at radius 1 is 1.30 bits per heavy atom. The van der Waals surface area contributed by atoms with Crippen molar-refractivity contribution in [1.82, 2.24) is 9.46 Å². The maximum Gasteiger partial charge on any atom is 0.218 e. The molecule has 1 aliphatic rings. The fraction of sp³-hybridized carbons (Fsp3) is 0.471. The number of aromatic nitrogens is 1. The van der Waals surface area contributed by atoms with Crippen molar-refractivity contribution >= 4 is 10.0 Å². The lowest BCUT2D eigenvalue weighted by Gasteiger charge is -2.22. The summed E-state index contributed by atoms with van der Waals surface area (Å²) in [5.74, 6) is 0.946. The van der Waals surface area contributed by atoms with Crippen molar-refractivity contribution in [2.45, 2.75) is 44.4 Å². The second-order valence-electron chi connectivity index (χ2n) is 6.32. The molecule has 0 aliphatic carbocycles. The van der Waals surface area contributed by atoms with Crippen LogP contribution in [0.25, 0.3) is 0 Å². The van der Waals surface area contributed by atoms with Gasteiger partial charge in [0.2, 0.25) is 10.0 Å². The van der Waals surface area contributed by atoms with Crippen molar-refractivity contribution in [3.63, 3.8) is 0 Å². The van der Waals surface area contributed by atoms with Crippen LogP contribution in [0.4, 0.5) is 0 Å². The summed E-state index contributed by atoms with van der Waals surface area (Å²) in [5, 5.41) is 4.06. The molecule has 0 unspecified atom stereocenters. The Morgan fingerprint density at radius 2 is 2.04 bits per heavy atom. The van der Waals surface area contributed by atoms with Crippen LogP contribution in [-0.2, 0) is 15.8 Å². The Balaban J connectivity index is 1.82. The Morgan fingerprint density at radius 3 is 2.70 bits per heavy atom. The maximum atomic E-state index is 12.8.